The highest BCUT2D eigenvalue weighted by Crippen LogP contribution is 2.47. The van der Waals surface area contributed by atoms with Crippen molar-refractivity contribution in [2.75, 3.05) is 10.6 Å². The van der Waals surface area contributed by atoms with Crippen molar-refractivity contribution in [2.45, 2.75) is 95.7 Å². The molecule has 31 heavy (non-hydrogen) atoms. The van der Waals surface area contributed by atoms with Gasteiger partial charge in [-0.15, -0.1) is 0 Å². The van der Waals surface area contributed by atoms with E-state index in [0.717, 1.165) is 61.3 Å². The van der Waals surface area contributed by atoms with Crippen LogP contribution in [0.3, 0.4) is 0 Å². The average molecular weight is 426 g/mol. The van der Waals surface area contributed by atoms with Gasteiger partial charge in [-0.3, -0.25) is 5.32 Å². The largest absolute Gasteiger partial charge is 0.374 e. The number of nitrogens with zero attached hydrogens (tertiary/aromatic N) is 2. The van der Waals surface area contributed by atoms with E-state index in [1.165, 1.54) is 30.4 Å². The van der Waals surface area contributed by atoms with Crippen LogP contribution in [0.15, 0.2) is 29.1 Å². The molecule has 0 bridgehead atoms. The average Bonchev–Trinajstić information content (AvgIpc) is 3.56. The third-order valence-corrected chi connectivity index (χ3v) is 7.53. The second-order valence-electron chi connectivity index (χ2n) is 9.75. The number of nitrogens with one attached hydrogen (secondary N) is 3. The first-order valence-electron chi connectivity index (χ1n) is 11.9. The molecule has 1 aliphatic heterocycles. The van der Waals surface area contributed by atoms with E-state index >= 15 is 0 Å². The van der Waals surface area contributed by atoms with Gasteiger partial charge in [-0.1, -0.05) is 37.8 Å². The lowest BCUT2D eigenvalue weighted by molar-refractivity contribution is 0.148. The maximum Gasteiger partial charge on any atom is 0.136 e. The van der Waals surface area contributed by atoms with E-state index in [1.807, 2.05) is 0 Å². The van der Waals surface area contributed by atoms with Crippen LogP contribution in [0.25, 0.3) is 0 Å². The van der Waals surface area contributed by atoms with Crippen molar-refractivity contribution in [3.8, 4) is 0 Å². The van der Waals surface area contributed by atoms with E-state index in [2.05, 4.69) is 45.8 Å². The molecule has 1 spiro atoms. The van der Waals surface area contributed by atoms with Crippen molar-refractivity contribution in [1.29, 1.82) is 0 Å². The van der Waals surface area contributed by atoms with Crippen molar-refractivity contribution in [3.63, 3.8) is 0 Å². The van der Waals surface area contributed by atoms with E-state index in [4.69, 9.17) is 0 Å². The highest BCUT2D eigenvalue weighted by molar-refractivity contribution is 5.60. The van der Waals surface area contributed by atoms with E-state index in [0.29, 0.717) is 5.92 Å². The molecule has 7 nitrogen and oxygen atoms in total. The summed E-state index contributed by atoms with van der Waals surface area (Å²) in [6, 6.07) is 0.117. The molecule has 3 fully saturated rings. The summed E-state index contributed by atoms with van der Waals surface area (Å²) in [6.45, 7) is 4.23. The molecule has 2 heterocycles. The molecule has 3 unspecified atom stereocenters. The summed E-state index contributed by atoms with van der Waals surface area (Å²) in [5.41, 5.74) is 4.55. The van der Waals surface area contributed by atoms with Gasteiger partial charge in [-0.2, -0.15) is 0 Å². The van der Waals surface area contributed by atoms with E-state index < -0.39 is 12.5 Å². The summed E-state index contributed by atoms with van der Waals surface area (Å²) in [7, 11) is 0. The van der Waals surface area contributed by atoms with E-state index in [-0.39, 0.29) is 11.6 Å². The van der Waals surface area contributed by atoms with Gasteiger partial charge < -0.3 is 20.8 Å². The fourth-order valence-corrected chi connectivity index (χ4v) is 5.73. The van der Waals surface area contributed by atoms with Crippen molar-refractivity contribution in [1.82, 2.24) is 15.3 Å². The summed E-state index contributed by atoms with van der Waals surface area (Å²) in [5.74, 6) is 1.88. The van der Waals surface area contributed by atoms with Gasteiger partial charge in [0, 0.05) is 17.0 Å². The van der Waals surface area contributed by atoms with Gasteiger partial charge >= 0.3 is 0 Å². The molecule has 1 aromatic heterocycles. The third kappa shape index (κ3) is 3.88. The Morgan fingerprint density at radius 3 is 2.65 bits per heavy atom. The number of fused-ring (bicyclic) bond motifs is 2. The minimum absolute atomic E-state index is 0.0883. The number of aromatic nitrogens is 2. The van der Waals surface area contributed by atoms with E-state index in [1.54, 1.807) is 6.33 Å². The highest BCUT2D eigenvalue weighted by Gasteiger charge is 2.47. The van der Waals surface area contributed by atoms with Crippen LogP contribution in [0.5, 0.6) is 0 Å². The van der Waals surface area contributed by atoms with Gasteiger partial charge in [0.15, 0.2) is 0 Å². The fraction of sp³-hybridized carbons (Fsp3) is 0.667. The predicted molar refractivity (Wildman–Crippen MR) is 122 cm³/mol. The Kier molecular flexibility index (Phi) is 5.52. The van der Waals surface area contributed by atoms with Crippen LogP contribution in [0.2, 0.25) is 0 Å². The molecule has 1 aromatic rings. The SMILES string of the molecule is CCc1c(NC2C=C3C(=C(C)C2)C(O)NC32CCCCC2)ncnc1NC(O)C1CC1. The molecule has 4 aliphatic rings. The molecule has 3 aliphatic carbocycles. The maximum atomic E-state index is 10.8. The van der Waals surface area contributed by atoms with Crippen molar-refractivity contribution in [2.24, 2.45) is 5.92 Å². The molecule has 0 radical (unpaired) electrons. The summed E-state index contributed by atoms with van der Waals surface area (Å²) in [6.07, 6.45) is 12.4. The van der Waals surface area contributed by atoms with Gasteiger partial charge in [0.2, 0.25) is 0 Å². The predicted octanol–water partition coefficient (Wildman–Crippen LogP) is 3.23. The van der Waals surface area contributed by atoms with Gasteiger partial charge in [0.1, 0.15) is 30.4 Å². The molecule has 7 heteroatoms. The Hall–Kier alpha value is -1.96. The second kappa shape index (κ2) is 8.19. The zero-order valence-corrected chi connectivity index (χ0v) is 18.6. The van der Waals surface area contributed by atoms with Crippen LogP contribution < -0.4 is 16.0 Å². The minimum Gasteiger partial charge on any atom is -0.374 e. The van der Waals surface area contributed by atoms with Crippen molar-refractivity contribution >= 4 is 11.6 Å². The summed E-state index contributed by atoms with van der Waals surface area (Å²) < 4.78 is 0. The molecule has 0 aromatic carbocycles. The Labute approximate surface area is 184 Å². The summed E-state index contributed by atoms with van der Waals surface area (Å²) in [5, 5.41) is 31.5. The Morgan fingerprint density at radius 1 is 1.19 bits per heavy atom. The Morgan fingerprint density at radius 2 is 1.94 bits per heavy atom. The smallest absolute Gasteiger partial charge is 0.136 e. The third-order valence-electron chi connectivity index (χ3n) is 7.53. The molecule has 5 N–H and O–H groups in total. The van der Waals surface area contributed by atoms with E-state index in [9.17, 15) is 10.2 Å². The highest BCUT2D eigenvalue weighted by atomic mass is 16.3. The molecule has 2 saturated carbocycles. The first kappa shape index (κ1) is 20.9. The zero-order chi connectivity index (χ0) is 21.6. The Balaban J connectivity index is 1.41. The molecular weight excluding hydrogens is 390 g/mol. The molecule has 0 amide bonds. The first-order valence-corrected chi connectivity index (χ1v) is 11.9. The number of aliphatic hydroxyl groups is 2. The van der Waals surface area contributed by atoms with Crippen LogP contribution in [0.4, 0.5) is 11.6 Å². The normalized spacial score (nSPS) is 28.3. The van der Waals surface area contributed by atoms with Crippen LogP contribution in [0, 0.1) is 5.92 Å². The molecular formula is C24H35N5O2. The number of aliphatic hydroxyl groups excluding tert-OH is 2. The summed E-state index contributed by atoms with van der Waals surface area (Å²) >= 11 is 0. The van der Waals surface area contributed by atoms with Gasteiger partial charge in [0.25, 0.3) is 0 Å². The van der Waals surface area contributed by atoms with Crippen LogP contribution in [-0.2, 0) is 6.42 Å². The monoisotopic (exact) mass is 425 g/mol. The fourth-order valence-electron chi connectivity index (χ4n) is 5.73. The van der Waals surface area contributed by atoms with Crippen LogP contribution in [0.1, 0.15) is 70.8 Å². The Bertz CT molecular complexity index is 901. The quantitative estimate of drug-likeness (QED) is 0.446. The number of anilines is 2. The lowest BCUT2D eigenvalue weighted by Crippen LogP contribution is -2.45. The lowest BCUT2D eigenvalue weighted by atomic mass is 9.73. The second-order valence-corrected chi connectivity index (χ2v) is 9.75. The number of hydrogen-bond acceptors (Lipinski definition) is 7. The van der Waals surface area contributed by atoms with Crippen LogP contribution in [-0.4, -0.2) is 44.2 Å². The topological polar surface area (TPSA) is 102 Å². The molecule has 168 valence electrons. The lowest BCUT2D eigenvalue weighted by Gasteiger charge is -2.37. The minimum atomic E-state index is -0.560. The maximum absolute atomic E-state index is 10.8. The van der Waals surface area contributed by atoms with Gasteiger partial charge in [0.05, 0.1) is 6.04 Å². The van der Waals surface area contributed by atoms with Crippen LogP contribution >= 0.6 is 0 Å². The van der Waals surface area contributed by atoms with Gasteiger partial charge in [-0.05, 0) is 56.6 Å². The van der Waals surface area contributed by atoms with Crippen molar-refractivity contribution < 1.29 is 10.2 Å². The van der Waals surface area contributed by atoms with Crippen molar-refractivity contribution in [3.05, 3.63) is 34.7 Å². The molecule has 5 rings (SSSR count). The molecule has 1 saturated heterocycles. The number of rotatable bonds is 6. The van der Waals surface area contributed by atoms with Gasteiger partial charge in [-0.25, -0.2) is 9.97 Å². The number of hydrogen-bond donors (Lipinski definition) is 5. The summed E-state index contributed by atoms with van der Waals surface area (Å²) in [4.78, 5) is 8.96. The zero-order valence-electron chi connectivity index (χ0n) is 18.6. The standard InChI is InChI=1S/C24H35N5O2/c1-3-17-20(25-13-26-21(17)28-22(30)15-7-8-15)27-16-11-14(2)19-18(12-16)24(29-23(19)31)9-5-4-6-10-24/h12-13,15-16,22-23,29-31H,3-11H2,1-2H3,(H2,25,26,27,28). The first-order chi connectivity index (χ1) is 15.0. The molecule has 3 atom stereocenters.